The van der Waals surface area contributed by atoms with Crippen LogP contribution in [-0.2, 0) is 0 Å². The molecule has 9 rings (SSSR count). The van der Waals surface area contributed by atoms with Crippen LogP contribution in [0.3, 0.4) is 0 Å². The molecule has 1 heterocycles. The highest BCUT2D eigenvalue weighted by atomic mass is 16.1. The van der Waals surface area contributed by atoms with Crippen molar-refractivity contribution in [1.82, 2.24) is 4.57 Å². The van der Waals surface area contributed by atoms with Crippen molar-refractivity contribution >= 4 is 54.0 Å². The van der Waals surface area contributed by atoms with Crippen molar-refractivity contribution in [2.24, 2.45) is 0 Å². The van der Waals surface area contributed by atoms with Crippen LogP contribution in [0.5, 0.6) is 0 Å². The summed E-state index contributed by atoms with van der Waals surface area (Å²) in [6.07, 6.45) is 0. The van der Waals surface area contributed by atoms with E-state index < -0.39 is 0 Å². The van der Waals surface area contributed by atoms with Crippen LogP contribution in [0.1, 0.15) is 0 Å². The Bertz CT molecular complexity index is 2650. The Morgan fingerprint density at radius 3 is 1.82 bits per heavy atom. The van der Waals surface area contributed by atoms with Gasteiger partial charge in [0, 0.05) is 16.5 Å². The van der Waals surface area contributed by atoms with E-state index in [0.29, 0.717) is 0 Å². The van der Waals surface area contributed by atoms with Gasteiger partial charge in [-0.05, 0) is 102 Å². The number of rotatable bonds is 3. The zero-order chi connectivity index (χ0) is 29.9. The Hall–Kier alpha value is -5.99. The number of benzene rings is 8. The molecule has 0 atom stereocenters. The molecular formula is C43H27NO. The monoisotopic (exact) mass is 573 g/mol. The first kappa shape index (κ1) is 25.5. The Balaban J connectivity index is 1.17. The zero-order valence-corrected chi connectivity index (χ0v) is 24.4. The maximum absolute atomic E-state index is 13.7. The van der Waals surface area contributed by atoms with Crippen molar-refractivity contribution in [3.8, 4) is 27.9 Å². The van der Waals surface area contributed by atoms with Crippen molar-refractivity contribution in [2.75, 3.05) is 0 Å². The smallest absolute Gasteiger partial charge is 0.263 e. The van der Waals surface area contributed by atoms with E-state index in [4.69, 9.17) is 0 Å². The van der Waals surface area contributed by atoms with Crippen molar-refractivity contribution in [3.63, 3.8) is 0 Å². The minimum Gasteiger partial charge on any atom is -0.276 e. The third-order valence-corrected chi connectivity index (χ3v) is 9.18. The molecule has 2 nitrogen and oxygen atoms in total. The second kappa shape index (κ2) is 10.0. The molecule has 0 saturated heterocycles. The molecule has 8 aromatic carbocycles. The normalized spacial score (nSPS) is 11.6. The molecule has 0 N–H and O–H groups in total. The number of nitrogens with zero attached hydrogens (tertiary/aromatic N) is 1. The highest BCUT2D eigenvalue weighted by Gasteiger charge is 2.14. The second-order valence-corrected chi connectivity index (χ2v) is 11.7. The van der Waals surface area contributed by atoms with E-state index in [2.05, 4.69) is 109 Å². The molecule has 9 aromatic rings. The summed E-state index contributed by atoms with van der Waals surface area (Å²) in [5.41, 5.74) is 6.44. The van der Waals surface area contributed by atoms with E-state index in [1.54, 1.807) is 0 Å². The lowest BCUT2D eigenvalue weighted by molar-refractivity contribution is 1.06. The van der Waals surface area contributed by atoms with Crippen molar-refractivity contribution in [3.05, 3.63) is 174 Å². The summed E-state index contributed by atoms with van der Waals surface area (Å²) in [4.78, 5) is 13.7. The summed E-state index contributed by atoms with van der Waals surface area (Å²) in [6.45, 7) is 0. The van der Waals surface area contributed by atoms with E-state index >= 15 is 0 Å². The summed E-state index contributed by atoms with van der Waals surface area (Å²) in [7, 11) is 0. The van der Waals surface area contributed by atoms with Crippen LogP contribution in [0.4, 0.5) is 0 Å². The molecule has 0 aliphatic carbocycles. The number of hydrogen-bond donors (Lipinski definition) is 0. The molecule has 0 saturated carbocycles. The molecular weight excluding hydrogens is 546 g/mol. The van der Waals surface area contributed by atoms with Gasteiger partial charge in [0.1, 0.15) is 0 Å². The summed E-state index contributed by atoms with van der Waals surface area (Å²) in [5.74, 6) is 0. The van der Waals surface area contributed by atoms with Gasteiger partial charge in [0.15, 0.2) is 0 Å². The molecule has 0 spiro atoms. The molecule has 0 fully saturated rings. The topological polar surface area (TPSA) is 22.0 Å². The molecule has 1 aromatic heterocycles. The Kier molecular flexibility index (Phi) is 5.69. The van der Waals surface area contributed by atoms with Gasteiger partial charge in [-0.2, -0.15) is 0 Å². The first-order chi connectivity index (χ1) is 22.2. The fourth-order valence-electron chi connectivity index (χ4n) is 6.97. The van der Waals surface area contributed by atoms with Gasteiger partial charge in [-0.3, -0.25) is 9.36 Å². The molecule has 0 unspecified atom stereocenters. The number of para-hydroxylation sites is 1. The fourth-order valence-corrected chi connectivity index (χ4v) is 6.97. The SMILES string of the molecule is O=c1c2ccccc2c2cc(-c3ccc(-c4cccc5c4ccc4cc6ccccc6cc45)cc3)ccc2n1-c1ccccc1. The predicted octanol–water partition coefficient (Wildman–Crippen LogP) is 10.9. The summed E-state index contributed by atoms with van der Waals surface area (Å²) in [6, 6.07) is 57.4. The minimum absolute atomic E-state index is 0.00236. The van der Waals surface area contributed by atoms with Gasteiger partial charge >= 0.3 is 0 Å². The van der Waals surface area contributed by atoms with Crippen LogP contribution in [0.2, 0.25) is 0 Å². The lowest BCUT2D eigenvalue weighted by Gasteiger charge is -2.15. The molecule has 0 bridgehead atoms. The largest absolute Gasteiger partial charge is 0.276 e. The average Bonchev–Trinajstić information content (AvgIpc) is 3.11. The maximum atomic E-state index is 13.7. The van der Waals surface area contributed by atoms with Gasteiger partial charge in [0.05, 0.1) is 5.52 Å². The Morgan fingerprint density at radius 2 is 1.00 bits per heavy atom. The summed E-state index contributed by atoms with van der Waals surface area (Å²) < 4.78 is 1.83. The van der Waals surface area contributed by atoms with E-state index in [-0.39, 0.29) is 5.56 Å². The van der Waals surface area contributed by atoms with Crippen LogP contribution >= 0.6 is 0 Å². The van der Waals surface area contributed by atoms with E-state index in [1.165, 1.54) is 43.4 Å². The van der Waals surface area contributed by atoms with Gasteiger partial charge in [-0.15, -0.1) is 0 Å². The van der Waals surface area contributed by atoms with Gasteiger partial charge in [-0.1, -0.05) is 121 Å². The van der Waals surface area contributed by atoms with Crippen LogP contribution in [0, 0.1) is 0 Å². The van der Waals surface area contributed by atoms with E-state index in [0.717, 1.165) is 38.5 Å². The number of aromatic nitrogens is 1. The van der Waals surface area contributed by atoms with Gasteiger partial charge < -0.3 is 0 Å². The van der Waals surface area contributed by atoms with E-state index in [1.807, 2.05) is 59.2 Å². The van der Waals surface area contributed by atoms with Gasteiger partial charge in [0.25, 0.3) is 5.56 Å². The molecule has 0 aliphatic heterocycles. The van der Waals surface area contributed by atoms with Crippen LogP contribution < -0.4 is 5.56 Å². The standard InChI is InChI=1S/C43H27NO/c45-43-39-14-7-6-13-37(39)41-27-32(22-24-42(41)44(43)34-11-2-1-3-12-34)28-17-19-29(20-18-28)35-15-8-16-36-38(35)23-21-33-25-30-9-4-5-10-31(30)26-40(33)36/h1-27H. The molecule has 45 heavy (non-hydrogen) atoms. The fraction of sp³-hybridized carbons (Fsp3) is 0. The van der Waals surface area contributed by atoms with Crippen LogP contribution in [0.15, 0.2) is 169 Å². The zero-order valence-electron chi connectivity index (χ0n) is 24.4. The Morgan fingerprint density at radius 1 is 0.356 bits per heavy atom. The third kappa shape index (κ3) is 4.07. The number of pyridine rings is 1. The second-order valence-electron chi connectivity index (χ2n) is 11.7. The maximum Gasteiger partial charge on any atom is 0.263 e. The first-order valence-electron chi connectivity index (χ1n) is 15.3. The first-order valence-corrected chi connectivity index (χ1v) is 15.3. The summed E-state index contributed by atoms with van der Waals surface area (Å²) >= 11 is 0. The van der Waals surface area contributed by atoms with Crippen molar-refractivity contribution in [1.29, 1.82) is 0 Å². The van der Waals surface area contributed by atoms with Gasteiger partial charge in [0.2, 0.25) is 0 Å². The van der Waals surface area contributed by atoms with Crippen LogP contribution in [-0.4, -0.2) is 4.57 Å². The Labute approximate surface area is 260 Å². The molecule has 0 amide bonds. The molecule has 0 aliphatic rings. The molecule has 2 heteroatoms. The predicted molar refractivity (Wildman–Crippen MR) is 190 cm³/mol. The average molecular weight is 574 g/mol. The van der Waals surface area contributed by atoms with E-state index in [9.17, 15) is 4.79 Å². The summed E-state index contributed by atoms with van der Waals surface area (Å²) in [5, 5.41) is 10.3. The highest BCUT2D eigenvalue weighted by Crippen LogP contribution is 2.36. The lowest BCUT2D eigenvalue weighted by atomic mass is 9.92. The lowest BCUT2D eigenvalue weighted by Crippen LogP contribution is -2.19. The highest BCUT2D eigenvalue weighted by molar-refractivity contribution is 6.15. The quantitative estimate of drug-likeness (QED) is 0.152. The van der Waals surface area contributed by atoms with Gasteiger partial charge in [-0.25, -0.2) is 0 Å². The van der Waals surface area contributed by atoms with Crippen molar-refractivity contribution in [2.45, 2.75) is 0 Å². The molecule has 210 valence electrons. The molecule has 0 radical (unpaired) electrons. The van der Waals surface area contributed by atoms with Crippen molar-refractivity contribution < 1.29 is 0 Å². The minimum atomic E-state index is -0.00236. The number of fused-ring (bicyclic) bond motifs is 7. The van der Waals surface area contributed by atoms with Crippen LogP contribution in [0.25, 0.3) is 81.9 Å². The third-order valence-electron chi connectivity index (χ3n) is 9.18. The number of hydrogen-bond acceptors (Lipinski definition) is 1.